The highest BCUT2D eigenvalue weighted by Crippen LogP contribution is 2.26. The summed E-state index contributed by atoms with van der Waals surface area (Å²) >= 11 is 0. The fourth-order valence-corrected chi connectivity index (χ4v) is 4.30. The Morgan fingerprint density at radius 2 is 1.97 bits per heavy atom. The molecule has 1 heterocycles. The second-order valence-corrected chi connectivity index (χ2v) is 8.06. The summed E-state index contributed by atoms with van der Waals surface area (Å²) in [6.45, 7) is 1.04. The third-order valence-electron chi connectivity index (χ3n) is 5.95. The standard InChI is InChI=1S/C25H28FN3O2/c1-31-23-12-5-7-19(15-23)17-28-14-13-27-24(28)18-29(22-10-3-2-4-11-22)25(30)20-8-6-9-21(26)16-20/h5-9,12-16,22H,2-4,10-11,17-18H2,1H3. The molecule has 0 N–H and O–H groups in total. The lowest BCUT2D eigenvalue weighted by Gasteiger charge is -2.34. The summed E-state index contributed by atoms with van der Waals surface area (Å²) in [5, 5.41) is 0. The molecule has 1 saturated carbocycles. The number of nitrogens with zero attached hydrogens (tertiary/aromatic N) is 3. The van der Waals surface area contributed by atoms with Gasteiger partial charge in [0.1, 0.15) is 17.4 Å². The fraction of sp³-hybridized carbons (Fsp3) is 0.360. The highest BCUT2D eigenvalue weighted by molar-refractivity contribution is 5.94. The minimum absolute atomic E-state index is 0.137. The SMILES string of the molecule is COc1cccc(Cn2ccnc2CN(C(=O)c2cccc(F)c2)C2CCCCC2)c1. The Morgan fingerprint density at radius 3 is 2.74 bits per heavy atom. The fourth-order valence-electron chi connectivity index (χ4n) is 4.30. The first-order valence-electron chi connectivity index (χ1n) is 10.8. The lowest BCUT2D eigenvalue weighted by Crippen LogP contribution is -2.41. The van der Waals surface area contributed by atoms with E-state index in [1.165, 1.54) is 18.6 Å². The van der Waals surface area contributed by atoms with Gasteiger partial charge in [0, 0.05) is 30.5 Å². The highest BCUT2D eigenvalue weighted by atomic mass is 19.1. The number of hydrogen-bond donors (Lipinski definition) is 0. The Morgan fingerprint density at radius 1 is 1.16 bits per heavy atom. The van der Waals surface area contributed by atoms with Crippen molar-refractivity contribution >= 4 is 5.91 Å². The van der Waals surface area contributed by atoms with Gasteiger partial charge in [-0.05, 0) is 48.7 Å². The lowest BCUT2D eigenvalue weighted by atomic mass is 9.93. The summed E-state index contributed by atoms with van der Waals surface area (Å²) in [6.07, 6.45) is 9.05. The molecule has 0 aliphatic heterocycles. The van der Waals surface area contributed by atoms with Crippen LogP contribution in [0.3, 0.4) is 0 Å². The van der Waals surface area contributed by atoms with Gasteiger partial charge in [0.25, 0.3) is 5.91 Å². The Hall–Kier alpha value is -3.15. The van der Waals surface area contributed by atoms with E-state index in [9.17, 15) is 9.18 Å². The number of rotatable bonds is 7. The lowest BCUT2D eigenvalue weighted by molar-refractivity contribution is 0.0604. The summed E-state index contributed by atoms with van der Waals surface area (Å²) < 4.78 is 21.2. The average Bonchev–Trinajstić information content (AvgIpc) is 3.24. The summed E-state index contributed by atoms with van der Waals surface area (Å²) in [5.41, 5.74) is 1.48. The number of aromatic nitrogens is 2. The number of ether oxygens (including phenoxy) is 1. The van der Waals surface area contributed by atoms with Gasteiger partial charge in [-0.2, -0.15) is 0 Å². The first kappa shape index (κ1) is 21.1. The number of imidazole rings is 1. The number of amides is 1. The van der Waals surface area contributed by atoms with Crippen molar-refractivity contribution in [3.63, 3.8) is 0 Å². The topological polar surface area (TPSA) is 47.4 Å². The highest BCUT2D eigenvalue weighted by Gasteiger charge is 2.28. The summed E-state index contributed by atoms with van der Waals surface area (Å²) in [5.74, 6) is 1.10. The zero-order valence-electron chi connectivity index (χ0n) is 17.8. The first-order chi connectivity index (χ1) is 15.1. The Balaban J connectivity index is 1.58. The molecule has 3 aromatic rings. The Bertz CT molecular complexity index is 1030. The predicted octanol–water partition coefficient (Wildman–Crippen LogP) is 5.05. The maximum atomic E-state index is 13.8. The molecule has 0 atom stereocenters. The Labute approximate surface area is 182 Å². The minimum Gasteiger partial charge on any atom is -0.497 e. The summed E-state index contributed by atoms with van der Waals surface area (Å²) in [4.78, 5) is 19.8. The van der Waals surface area contributed by atoms with E-state index in [0.29, 0.717) is 18.7 Å². The molecule has 1 aromatic heterocycles. The van der Waals surface area contributed by atoms with Crippen LogP contribution in [-0.4, -0.2) is 33.5 Å². The van der Waals surface area contributed by atoms with Crippen molar-refractivity contribution < 1.29 is 13.9 Å². The molecule has 4 rings (SSSR count). The normalized spacial score (nSPS) is 14.4. The van der Waals surface area contributed by atoms with Gasteiger partial charge in [-0.1, -0.05) is 37.5 Å². The van der Waals surface area contributed by atoms with Crippen LogP contribution in [0.25, 0.3) is 0 Å². The van der Waals surface area contributed by atoms with Crippen molar-refractivity contribution in [2.75, 3.05) is 7.11 Å². The molecule has 0 radical (unpaired) electrons. The zero-order chi connectivity index (χ0) is 21.6. The van der Waals surface area contributed by atoms with Gasteiger partial charge < -0.3 is 14.2 Å². The van der Waals surface area contributed by atoms with Crippen molar-refractivity contribution in [1.29, 1.82) is 0 Å². The van der Waals surface area contributed by atoms with Gasteiger partial charge in [-0.25, -0.2) is 9.37 Å². The van der Waals surface area contributed by atoms with Crippen LogP contribution in [0.5, 0.6) is 5.75 Å². The monoisotopic (exact) mass is 421 g/mol. The van der Waals surface area contributed by atoms with E-state index in [1.807, 2.05) is 35.4 Å². The van der Waals surface area contributed by atoms with Crippen molar-refractivity contribution in [2.24, 2.45) is 0 Å². The van der Waals surface area contributed by atoms with Crippen LogP contribution < -0.4 is 4.74 Å². The van der Waals surface area contributed by atoms with Crippen molar-refractivity contribution in [3.05, 3.63) is 83.7 Å². The molecule has 2 aromatic carbocycles. The van der Waals surface area contributed by atoms with E-state index in [2.05, 4.69) is 9.55 Å². The summed E-state index contributed by atoms with van der Waals surface area (Å²) in [6, 6.07) is 14.0. The summed E-state index contributed by atoms with van der Waals surface area (Å²) in [7, 11) is 1.65. The van der Waals surface area contributed by atoms with E-state index in [1.54, 1.807) is 25.4 Å². The number of methoxy groups -OCH3 is 1. The van der Waals surface area contributed by atoms with Gasteiger partial charge in [-0.15, -0.1) is 0 Å². The van der Waals surface area contributed by atoms with Crippen LogP contribution in [0.4, 0.5) is 4.39 Å². The van der Waals surface area contributed by atoms with Gasteiger partial charge >= 0.3 is 0 Å². The maximum absolute atomic E-state index is 13.8. The zero-order valence-corrected chi connectivity index (χ0v) is 17.8. The third-order valence-corrected chi connectivity index (χ3v) is 5.95. The number of benzene rings is 2. The van der Waals surface area contributed by atoms with E-state index in [0.717, 1.165) is 42.8 Å². The second kappa shape index (κ2) is 9.77. The van der Waals surface area contributed by atoms with Gasteiger partial charge in [0.05, 0.1) is 13.7 Å². The largest absolute Gasteiger partial charge is 0.497 e. The van der Waals surface area contributed by atoms with Crippen LogP contribution in [0, 0.1) is 5.82 Å². The maximum Gasteiger partial charge on any atom is 0.254 e. The van der Waals surface area contributed by atoms with E-state index < -0.39 is 5.82 Å². The van der Waals surface area contributed by atoms with Crippen molar-refractivity contribution in [1.82, 2.24) is 14.5 Å². The molecule has 0 saturated heterocycles. The van der Waals surface area contributed by atoms with E-state index in [-0.39, 0.29) is 11.9 Å². The van der Waals surface area contributed by atoms with Crippen molar-refractivity contribution in [3.8, 4) is 5.75 Å². The molecule has 1 fully saturated rings. The molecule has 162 valence electrons. The van der Waals surface area contributed by atoms with Crippen LogP contribution in [-0.2, 0) is 13.1 Å². The van der Waals surface area contributed by atoms with Gasteiger partial charge in [-0.3, -0.25) is 4.79 Å². The smallest absolute Gasteiger partial charge is 0.254 e. The third kappa shape index (κ3) is 5.13. The second-order valence-electron chi connectivity index (χ2n) is 8.06. The van der Waals surface area contributed by atoms with Crippen LogP contribution >= 0.6 is 0 Å². The molecular weight excluding hydrogens is 393 g/mol. The van der Waals surface area contributed by atoms with Gasteiger partial charge in [0.15, 0.2) is 0 Å². The first-order valence-corrected chi connectivity index (χ1v) is 10.8. The molecule has 1 aliphatic rings. The van der Waals surface area contributed by atoms with Crippen LogP contribution in [0.2, 0.25) is 0 Å². The Kier molecular flexibility index (Phi) is 6.65. The quantitative estimate of drug-likeness (QED) is 0.536. The number of carbonyl (C=O) groups excluding carboxylic acids is 1. The number of carbonyl (C=O) groups is 1. The number of hydrogen-bond acceptors (Lipinski definition) is 3. The molecule has 0 spiro atoms. The molecule has 31 heavy (non-hydrogen) atoms. The predicted molar refractivity (Wildman–Crippen MR) is 117 cm³/mol. The van der Waals surface area contributed by atoms with Gasteiger partial charge in [0.2, 0.25) is 0 Å². The molecule has 0 bridgehead atoms. The van der Waals surface area contributed by atoms with E-state index in [4.69, 9.17) is 4.74 Å². The molecule has 1 amide bonds. The van der Waals surface area contributed by atoms with Crippen LogP contribution in [0.1, 0.15) is 53.8 Å². The molecule has 5 nitrogen and oxygen atoms in total. The molecule has 1 aliphatic carbocycles. The van der Waals surface area contributed by atoms with Crippen LogP contribution in [0.15, 0.2) is 60.9 Å². The average molecular weight is 422 g/mol. The molecular formula is C25H28FN3O2. The van der Waals surface area contributed by atoms with E-state index >= 15 is 0 Å². The minimum atomic E-state index is -0.394. The van der Waals surface area contributed by atoms with Crippen molar-refractivity contribution in [2.45, 2.75) is 51.2 Å². The molecule has 0 unspecified atom stereocenters. The number of halogens is 1. The molecule has 6 heteroatoms.